The molecule has 3 aromatic carbocycles. The Hall–Kier alpha value is -4.39. The van der Waals surface area contributed by atoms with Gasteiger partial charge >= 0.3 is 41.9 Å². The van der Waals surface area contributed by atoms with Crippen LogP contribution in [0.15, 0.2) is 60.9 Å². The standard InChI is InChI=1S/C35H31F7N4O4.Na/c1-20(2)28-13-29(31(49-3)14-30(28)36)27-7-6-24(34(37,38)39)12-23(27)19-46(18-22-9-21(15-43)10-25(11-22)35(40,41)42)33-44-16-26(17-45-33)50-8-4-5-32(47)48;/h6-7,9-14,16-17,20H,4-5,8,18-19H2,1-3H3,(H,47,48);/q;+1/p-1. The van der Waals surface area contributed by atoms with Crippen molar-refractivity contribution in [1.29, 1.82) is 5.26 Å². The average Bonchev–Trinajstić information content (AvgIpc) is 3.05. The molecule has 0 aliphatic carbocycles. The van der Waals surface area contributed by atoms with Gasteiger partial charge in [-0.2, -0.15) is 31.6 Å². The van der Waals surface area contributed by atoms with E-state index < -0.39 is 48.4 Å². The number of rotatable bonds is 13. The molecule has 1 heterocycles. The SMILES string of the molecule is COc1cc(F)c(C(C)C)cc1-c1ccc(C(F)(F)F)cc1CN(Cc1cc(C#N)cc(C(F)(F)F)c1)c1ncc(OCCCC(=O)[O-])cn1.[Na+]. The van der Waals surface area contributed by atoms with Gasteiger partial charge in [0.15, 0.2) is 5.75 Å². The second-order valence-corrected chi connectivity index (χ2v) is 11.5. The van der Waals surface area contributed by atoms with Crippen LogP contribution in [-0.2, 0) is 30.2 Å². The van der Waals surface area contributed by atoms with Gasteiger partial charge in [0.05, 0.1) is 48.9 Å². The van der Waals surface area contributed by atoms with E-state index in [9.17, 15) is 45.9 Å². The molecule has 0 atom stereocenters. The number of carbonyl (C=O) groups is 1. The van der Waals surface area contributed by atoms with Crippen molar-refractivity contribution in [2.75, 3.05) is 18.6 Å². The summed E-state index contributed by atoms with van der Waals surface area (Å²) in [5, 5.41) is 20.1. The molecule has 0 amide bonds. The van der Waals surface area contributed by atoms with Gasteiger partial charge in [0, 0.05) is 30.7 Å². The molecule has 1 aromatic heterocycles. The molecule has 4 rings (SSSR count). The van der Waals surface area contributed by atoms with E-state index in [4.69, 9.17) is 9.47 Å². The van der Waals surface area contributed by atoms with Crippen molar-refractivity contribution >= 4 is 11.9 Å². The molecule has 0 bridgehead atoms. The summed E-state index contributed by atoms with van der Waals surface area (Å²) >= 11 is 0. The summed E-state index contributed by atoms with van der Waals surface area (Å²) in [4.78, 5) is 20.5. The van der Waals surface area contributed by atoms with Crippen molar-refractivity contribution < 1.29 is 79.7 Å². The second-order valence-electron chi connectivity index (χ2n) is 11.5. The Labute approximate surface area is 311 Å². The summed E-state index contributed by atoms with van der Waals surface area (Å²) < 4.78 is 109. The molecular weight excluding hydrogens is 696 g/mol. The number of nitriles is 1. The summed E-state index contributed by atoms with van der Waals surface area (Å²) in [6.45, 7) is 2.66. The molecule has 264 valence electrons. The molecule has 0 spiro atoms. The number of methoxy groups -OCH3 is 1. The fraction of sp³-hybridized carbons (Fsp3) is 0.314. The number of aliphatic carboxylic acids is 1. The molecule has 51 heavy (non-hydrogen) atoms. The predicted octanol–water partition coefficient (Wildman–Crippen LogP) is 4.44. The number of nitrogens with zero attached hydrogens (tertiary/aromatic N) is 4. The Balaban J connectivity index is 0.00000702. The average molecular weight is 727 g/mol. The van der Waals surface area contributed by atoms with Gasteiger partial charge in [-0.25, -0.2) is 14.4 Å². The van der Waals surface area contributed by atoms with E-state index in [-0.39, 0.29) is 106 Å². The van der Waals surface area contributed by atoms with Gasteiger partial charge in [0.25, 0.3) is 0 Å². The first-order chi connectivity index (χ1) is 23.5. The Bertz CT molecular complexity index is 1880. The Morgan fingerprint density at radius 1 is 0.941 bits per heavy atom. The Kier molecular flexibility index (Phi) is 13.9. The van der Waals surface area contributed by atoms with Crippen LogP contribution in [0.2, 0.25) is 0 Å². The third-order valence-electron chi connectivity index (χ3n) is 7.54. The number of halogens is 7. The minimum Gasteiger partial charge on any atom is -0.550 e. The van der Waals surface area contributed by atoms with Crippen LogP contribution in [-0.4, -0.2) is 29.7 Å². The van der Waals surface area contributed by atoms with Crippen LogP contribution >= 0.6 is 0 Å². The summed E-state index contributed by atoms with van der Waals surface area (Å²) in [5.41, 5.74) is -1.65. The maximum atomic E-state index is 14.9. The van der Waals surface area contributed by atoms with E-state index in [1.165, 1.54) is 42.6 Å². The van der Waals surface area contributed by atoms with Gasteiger partial charge in [0.1, 0.15) is 11.6 Å². The van der Waals surface area contributed by atoms with Gasteiger partial charge in [-0.1, -0.05) is 19.9 Å². The molecule has 0 unspecified atom stereocenters. The predicted molar refractivity (Wildman–Crippen MR) is 165 cm³/mol. The first-order valence-electron chi connectivity index (χ1n) is 15.1. The number of carbonyl (C=O) groups excluding carboxylic acids is 1. The van der Waals surface area contributed by atoms with Crippen LogP contribution < -0.4 is 49.0 Å². The molecule has 8 nitrogen and oxygen atoms in total. The molecule has 16 heteroatoms. The zero-order valence-corrected chi connectivity index (χ0v) is 30.0. The number of benzene rings is 3. The molecule has 0 aliphatic rings. The number of hydrogen-bond acceptors (Lipinski definition) is 8. The van der Waals surface area contributed by atoms with Gasteiger partial charge in [-0.05, 0) is 77.4 Å². The van der Waals surface area contributed by atoms with Crippen LogP contribution in [0.4, 0.5) is 36.7 Å². The van der Waals surface area contributed by atoms with Crippen LogP contribution in [0, 0.1) is 17.1 Å². The van der Waals surface area contributed by atoms with Gasteiger partial charge < -0.3 is 24.3 Å². The second kappa shape index (κ2) is 17.2. The van der Waals surface area contributed by atoms with E-state index in [1.54, 1.807) is 19.9 Å². The monoisotopic (exact) mass is 726 g/mol. The summed E-state index contributed by atoms with van der Waals surface area (Å²) in [6.07, 6.45) is -7.29. The molecular formula is C35H30F7N4NaO4. The summed E-state index contributed by atoms with van der Waals surface area (Å²) in [5.74, 6) is -2.12. The van der Waals surface area contributed by atoms with Crippen LogP contribution in [0.5, 0.6) is 11.5 Å². The van der Waals surface area contributed by atoms with Crippen molar-refractivity contribution in [3.05, 3.63) is 100 Å². The third-order valence-corrected chi connectivity index (χ3v) is 7.54. The Morgan fingerprint density at radius 2 is 1.61 bits per heavy atom. The van der Waals surface area contributed by atoms with Crippen molar-refractivity contribution in [1.82, 2.24) is 9.97 Å². The van der Waals surface area contributed by atoms with E-state index in [2.05, 4.69) is 9.97 Å². The van der Waals surface area contributed by atoms with E-state index in [0.717, 1.165) is 24.3 Å². The number of carboxylic acid groups (broad SMARTS) is 1. The maximum Gasteiger partial charge on any atom is 1.00 e. The first-order valence-corrected chi connectivity index (χ1v) is 15.1. The molecule has 0 radical (unpaired) electrons. The summed E-state index contributed by atoms with van der Waals surface area (Å²) in [7, 11) is 1.28. The van der Waals surface area contributed by atoms with E-state index in [1.807, 2.05) is 0 Å². The quantitative estimate of drug-likeness (QED) is 0.113. The fourth-order valence-electron chi connectivity index (χ4n) is 5.15. The van der Waals surface area contributed by atoms with Crippen molar-refractivity contribution in [3.63, 3.8) is 0 Å². The number of aromatic nitrogens is 2. The minimum atomic E-state index is -4.81. The smallest absolute Gasteiger partial charge is 0.550 e. The molecule has 4 aromatic rings. The number of anilines is 1. The number of alkyl halides is 6. The van der Waals surface area contributed by atoms with E-state index in [0.29, 0.717) is 6.07 Å². The van der Waals surface area contributed by atoms with Crippen LogP contribution in [0.3, 0.4) is 0 Å². The number of ether oxygens (including phenoxy) is 2. The molecule has 0 fully saturated rings. The molecule has 0 N–H and O–H groups in total. The maximum absolute atomic E-state index is 14.9. The molecule has 0 saturated heterocycles. The number of hydrogen-bond donors (Lipinski definition) is 0. The van der Waals surface area contributed by atoms with Crippen LogP contribution in [0.25, 0.3) is 11.1 Å². The Morgan fingerprint density at radius 3 is 2.18 bits per heavy atom. The number of carboxylic acids is 1. The molecule has 0 aliphatic heterocycles. The zero-order valence-electron chi connectivity index (χ0n) is 28.0. The van der Waals surface area contributed by atoms with Crippen molar-refractivity contribution in [2.24, 2.45) is 0 Å². The third kappa shape index (κ3) is 10.8. The van der Waals surface area contributed by atoms with Gasteiger partial charge in [-0.3, -0.25) is 0 Å². The topological polar surface area (TPSA) is 111 Å². The first kappa shape index (κ1) is 41.0. The van der Waals surface area contributed by atoms with Crippen molar-refractivity contribution in [3.8, 4) is 28.7 Å². The van der Waals surface area contributed by atoms with Crippen molar-refractivity contribution in [2.45, 2.75) is 58.0 Å². The van der Waals surface area contributed by atoms with Gasteiger partial charge in [0.2, 0.25) is 5.95 Å². The zero-order chi connectivity index (χ0) is 36.8. The van der Waals surface area contributed by atoms with Crippen LogP contribution in [0.1, 0.15) is 66.0 Å². The molecule has 0 saturated carbocycles. The summed E-state index contributed by atoms with van der Waals surface area (Å²) in [6, 6.07) is 9.94. The fourth-order valence-corrected chi connectivity index (χ4v) is 5.15. The van der Waals surface area contributed by atoms with E-state index >= 15 is 0 Å². The minimum absolute atomic E-state index is 0. The van der Waals surface area contributed by atoms with Gasteiger partial charge in [-0.15, -0.1) is 0 Å². The normalized spacial score (nSPS) is 11.5. The largest absolute Gasteiger partial charge is 1.00 e.